The summed E-state index contributed by atoms with van der Waals surface area (Å²) >= 11 is 0. The zero-order chi connectivity index (χ0) is 12.0. The second-order valence-corrected chi connectivity index (χ2v) is 3.27. The van der Waals surface area contributed by atoms with Gasteiger partial charge in [-0.2, -0.15) is 0 Å². The Kier molecular flexibility index (Phi) is 5.54. The quantitative estimate of drug-likeness (QED) is 0.458. The molecule has 0 aromatic heterocycles. The van der Waals surface area contributed by atoms with Gasteiger partial charge in [-0.05, 0) is 19.9 Å². The fourth-order valence-corrected chi connectivity index (χ4v) is 0.986. The summed E-state index contributed by atoms with van der Waals surface area (Å²) in [6.07, 6.45) is 0.859. The van der Waals surface area contributed by atoms with E-state index >= 15 is 0 Å². The number of amidine groups is 1. The van der Waals surface area contributed by atoms with Gasteiger partial charge in [0.1, 0.15) is 11.9 Å². The van der Waals surface area contributed by atoms with Crippen LogP contribution in [0.2, 0.25) is 0 Å². The number of aliphatic imine (C=N–C) groups is 1. The van der Waals surface area contributed by atoms with Crippen LogP contribution in [0.5, 0.6) is 0 Å². The molecule has 0 aliphatic rings. The van der Waals surface area contributed by atoms with Gasteiger partial charge in [-0.25, -0.2) is 4.39 Å². The molecule has 0 aromatic rings. The smallest absolute Gasteiger partial charge is 0.320 e. The third kappa shape index (κ3) is 6.62. The highest BCUT2D eigenvalue weighted by molar-refractivity contribution is 5.77. The molecule has 0 radical (unpaired) electrons. The molecule has 2 atom stereocenters. The van der Waals surface area contributed by atoms with Gasteiger partial charge >= 0.3 is 5.97 Å². The van der Waals surface area contributed by atoms with Gasteiger partial charge < -0.3 is 16.6 Å². The molecule has 15 heavy (non-hydrogen) atoms. The van der Waals surface area contributed by atoms with Gasteiger partial charge in [-0.3, -0.25) is 9.79 Å². The lowest BCUT2D eigenvalue weighted by molar-refractivity contribution is -0.138. The summed E-state index contributed by atoms with van der Waals surface area (Å²) in [5.74, 6) is -1.49. The maximum absolute atomic E-state index is 13.1. The number of nitrogens with two attached hydrogens (primary N) is 2. The molecule has 0 spiro atoms. The number of carboxylic acid groups (broad SMARTS) is 1. The number of carbonyl (C=O) groups is 1. The van der Waals surface area contributed by atoms with Crippen LogP contribution in [0.1, 0.15) is 20.3 Å². The van der Waals surface area contributed by atoms with E-state index in [0.29, 0.717) is 5.84 Å². The molecule has 0 aliphatic heterocycles. The fraction of sp³-hybridized carbons (Fsp3) is 0.556. The molecule has 0 bridgehead atoms. The minimum absolute atomic E-state index is 0.335. The Morgan fingerprint density at radius 1 is 1.67 bits per heavy atom. The van der Waals surface area contributed by atoms with Gasteiger partial charge in [-0.1, -0.05) is 0 Å². The molecule has 0 heterocycles. The van der Waals surface area contributed by atoms with Crippen molar-refractivity contribution in [3.8, 4) is 0 Å². The molecule has 0 fully saturated rings. The standard InChI is InChI=1S/C9H16FN3O2/c1-5(13-6(2)11)3-7(10)4-8(12)9(14)15/h3,5,8H,4,12H2,1-2H3,(H2,11,13)(H,14,15)/b7-3-. The Bertz CT molecular complexity index is 285. The van der Waals surface area contributed by atoms with Crippen LogP contribution in [0.3, 0.4) is 0 Å². The Morgan fingerprint density at radius 2 is 2.20 bits per heavy atom. The molecule has 5 N–H and O–H groups in total. The summed E-state index contributed by atoms with van der Waals surface area (Å²) in [5.41, 5.74) is 10.5. The summed E-state index contributed by atoms with van der Waals surface area (Å²) in [6, 6.07) is -1.65. The number of rotatable bonds is 5. The minimum atomic E-state index is -1.23. The van der Waals surface area contributed by atoms with Crippen molar-refractivity contribution in [1.82, 2.24) is 0 Å². The second-order valence-electron chi connectivity index (χ2n) is 3.27. The molecule has 2 unspecified atom stereocenters. The maximum atomic E-state index is 13.1. The Hall–Kier alpha value is -1.43. The van der Waals surface area contributed by atoms with E-state index in [2.05, 4.69) is 4.99 Å². The highest BCUT2D eigenvalue weighted by atomic mass is 19.1. The molecule has 0 saturated carbocycles. The number of nitrogens with zero attached hydrogens (tertiary/aromatic N) is 1. The molecule has 0 aromatic carbocycles. The summed E-state index contributed by atoms with van der Waals surface area (Å²) in [7, 11) is 0. The van der Waals surface area contributed by atoms with E-state index in [0.717, 1.165) is 0 Å². The first-order valence-electron chi connectivity index (χ1n) is 4.47. The molecule has 6 heteroatoms. The maximum Gasteiger partial charge on any atom is 0.320 e. The third-order valence-electron chi connectivity index (χ3n) is 1.56. The highest BCUT2D eigenvalue weighted by Crippen LogP contribution is 2.08. The third-order valence-corrected chi connectivity index (χ3v) is 1.56. The van der Waals surface area contributed by atoms with Crippen LogP contribution in [0.15, 0.2) is 16.9 Å². The van der Waals surface area contributed by atoms with Crippen molar-refractivity contribution in [1.29, 1.82) is 0 Å². The minimum Gasteiger partial charge on any atom is -0.480 e. The second kappa shape index (κ2) is 6.13. The number of aliphatic carboxylic acids is 1. The first kappa shape index (κ1) is 13.6. The lowest BCUT2D eigenvalue weighted by atomic mass is 10.2. The number of hydrogen-bond donors (Lipinski definition) is 3. The van der Waals surface area contributed by atoms with Gasteiger partial charge in [0.05, 0.1) is 11.9 Å². The average molecular weight is 217 g/mol. The monoisotopic (exact) mass is 217 g/mol. The van der Waals surface area contributed by atoms with Crippen LogP contribution in [0, 0.1) is 0 Å². The van der Waals surface area contributed by atoms with Crippen molar-refractivity contribution < 1.29 is 14.3 Å². The van der Waals surface area contributed by atoms with Crippen molar-refractivity contribution in [3.63, 3.8) is 0 Å². The van der Waals surface area contributed by atoms with E-state index in [-0.39, 0.29) is 6.42 Å². The summed E-state index contributed by atoms with van der Waals surface area (Å²) in [5, 5.41) is 8.44. The molecule has 0 saturated heterocycles. The number of carboxylic acids is 1. The molecule has 5 nitrogen and oxygen atoms in total. The predicted octanol–water partition coefficient (Wildman–Crippen LogP) is 0.407. The highest BCUT2D eigenvalue weighted by Gasteiger charge is 2.14. The van der Waals surface area contributed by atoms with E-state index in [4.69, 9.17) is 16.6 Å². The lowest BCUT2D eigenvalue weighted by Crippen LogP contribution is -2.30. The fourth-order valence-electron chi connectivity index (χ4n) is 0.986. The van der Waals surface area contributed by atoms with Gasteiger partial charge in [0.2, 0.25) is 0 Å². The van der Waals surface area contributed by atoms with Crippen molar-refractivity contribution in [2.45, 2.75) is 32.4 Å². The van der Waals surface area contributed by atoms with Crippen molar-refractivity contribution in [3.05, 3.63) is 11.9 Å². The van der Waals surface area contributed by atoms with Gasteiger partial charge in [0.25, 0.3) is 0 Å². The summed E-state index contributed by atoms with van der Waals surface area (Å²) in [6.45, 7) is 3.23. The Morgan fingerprint density at radius 3 is 2.60 bits per heavy atom. The molecule has 86 valence electrons. The van der Waals surface area contributed by atoms with Crippen molar-refractivity contribution in [2.75, 3.05) is 0 Å². The van der Waals surface area contributed by atoms with Gasteiger partial charge in [0.15, 0.2) is 0 Å². The Labute approximate surface area is 87.7 Å². The lowest BCUT2D eigenvalue weighted by Gasteiger charge is -2.05. The van der Waals surface area contributed by atoms with Crippen LogP contribution in [0.4, 0.5) is 4.39 Å². The van der Waals surface area contributed by atoms with E-state index in [9.17, 15) is 9.18 Å². The zero-order valence-electron chi connectivity index (χ0n) is 8.77. The van der Waals surface area contributed by atoms with Crippen LogP contribution in [0.25, 0.3) is 0 Å². The molecule has 0 aliphatic carbocycles. The van der Waals surface area contributed by atoms with Crippen molar-refractivity contribution in [2.24, 2.45) is 16.5 Å². The predicted molar refractivity (Wildman–Crippen MR) is 56.2 cm³/mol. The van der Waals surface area contributed by atoms with Gasteiger partial charge in [0, 0.05) is 6.42 Å². The zero-order valence-corrected chi connectivity index (χ0v) is 8.77. The molecular formula is C9H16FN3O2. The Balaban J connectivity index is 4.32. The molecule has 0 rings (SSSR count). The first-order chi connectivity index (χ1) is 6.82. The number of halogens is 1. The summed E-state index contributed by atoms with van der Waals surface area (Å²) in [4.78, 5) is 14.2. The van der Waals surface area contributed by atoms with E-state index < -0.39 is 23.9 Å². The first-order valence-corrected chi connectivity index (χ1v) is 4.47. The van der Waals surface area contributed by atoms with Crippen molar-refractivity contribution >= 4 is 11.8 Å². The van der Waals surface area contributed by atoms with Crippen LogP contribution >= 0.6 is 0 Å². The molecule has 0 amide bonds. The van der Waals surface area contributed by atoms with E-state index in [1.807, 2.05) is 0 Å². The average Bonchev–Trinajstić information content (AvgIpc) is 2.00. The van der Waals surface area contributed by atoms with Crippen LogP contribution in [-0.2, 0) is 4.79 Å². The molecular weight excluding hydrogens is 201 g/mol. The normalized spacial score (nSPS) is 17.3. The van der Waals surface area contributed by atoms with Gasteiger partial charge in [-0.15, -0.1) is 0 Å². The topological polar surface area (TPSA) is 102 Å². The van der Waals surface area contributed by atoms with E-state index in [1.54, 1.807) is 13.8 Å². The van der Waals surface area contributed by atoms with Crippen LogP contribution in [-0.4, -0.2) is 29.0 Å². The number of hydrogen-bond acceptors (Lipinski definition) is 3. The van der Waals surface area contributed by atoms with E-state index in [1.165, 1.54) is 6.08 Å². The largest absolute Gasteiger partial charge is 0.480 e. The summed E-state index contributed by atoms with van der Waals surface area (Å²) < 4.78 is 13.1. The van der Waals surface area contributed by atoms with Crippen LogP contribution < -0.4 is 11.5 Å². The SMILES string of the molecule is CC(N)=NC(C)/C=C(\F)CC(N)C(=O)O.